The first-order chi connectivity index (χ1) is 11.1. The van der Waals surface area contributed by atoms with E-state index in [1.165, 1.54) is 0 Å². The van der Waals surface area contributed by atoms with Gasteiger partial charge in [-0.05, 0) is 36.2 Å². The number of fused-ring (bicyclic) bond motifs is 1. The van der Waals surface area contributed by atoms with Gasteiger partial charge in [0.1, 0.15) is 5.75 Å². The van der Waals surface area contributed by atoms with Crippen molar-refractivity contribution in [3.63, 3.8) is 0 Å². The van der Waals surface area contributed by atoms with Crippen LogP contribution in [0.5, 0.6) is 5.75 Å². The maximum absolute atomic E-state index is 11.4. The van der Waals surface area contributed by atoms with E-state index in [0.29, 0.717) is 0 Å². The smallest absolute Gasteiger partial charge is 0.304 e. The molecule has 0 saturated heterocycles. The Bertz CT molecular complexity index is 836. The number of carboxylic acid groups (broad SMARTS) is 1. The monoisotopic (exact) mass is 309 g/mol. The predicted octanol–water partition coefficient (Wildman–Crippen LogP) is 4.09. The van der Waals surface area contributed by atoms with Crippen LogP contribution in [-0.4, -0.2) is 23.2 Å². The van der Waals surface area contributed by atoms with Gasteiger partial charge in [-0.25, -0.2) is 0 Å². The van der Waals surface area contributed by atoms with Crippen LogP contribution in [0.3, 0.4) is 0 Å². The number of aliphatic carboxylic acids is 1. The van der Waals surface area contributed by atoms with Gasteiger partial charge in [-0.3, -0.25) is 4.79 Å². The van der Waals surface area contributed by atoms with Gasteiger partial charge in [0, 0.05) is 22.5 Å². The Morgan fingerprint density at radius 1 is 1.22 bits per heavy atom. The maximum atomic E-state index is 11.4. The molecule has 2 N–H and O–H groups in total. The molecule has 0 amide bonds. The van der Waals surface area contributed by atoms with Crippen molar-refractivity contribution < 1.29 is 14.6 Å². The average Bonchev–Trinajstić information content (AvgIpc) is 2.88. The zero-order valence-corrected chi connectivity index (χ0v) is 13.2. The summed E-state index contributed by atoms with van der Waals surface area (Å²) in [6.07, 6.45) is 0.0506. The Morgan fingerprint density at radius 3 is 2.61 bits per heavy atom. The number of nitrogens with one attached hydrogen (secondary N) is 1. The minimum atomic E-state index is -0.810. The van der Waals surface area contributed by atoms with E-state index in [4.69, 9.17) is 4.74 Å². The van der Waals surface area contributed by atoms with Gasteiger partial charge in [-0.2, -0.15) is 0 Å². The van der Waals surface area contributed by atoms with Crippen molar-refractivity contribution >= 4 is 16.9 Å². The Kier molecular flexibility index (Phi) is 4.06. The molecule has 118 valence electrons. The molecular formula is C19H19NO3. The lowest BCUT2D eigenvalue weighted by atomic mass is 9.87. The number of ether oxygens (including phenoxy) is 1. The molecule has 0 aliphatic carbocycles. The Hall–Kier alpha value is -2.75. The average molecular weight is 309 g/mol. The standard InChI is InChI=1S/C19H19NO3/c1-12-19(16-10-14(23-2)8-9-17(16)20-12)15(11-18(21)22)13-6-4-3-5-7-13/h3-10,15,20H,11H2,1-2H3,(H,21,22). The first-order valence-electron chi connectivity index (χ1n) is 7.53. The third kappa shape index (κ3) is 2.93. The number of aryl methyl sites for hydroxylation is 1. The lowest BCUT2D eigenvalue weighted by molar-refractivity contribution is -0.137. The second-order valence-electron chi connectivity index (χ2n) is 5.64. The maximum Gasteiger partial charge on any atom is 0.304 e. The van der Waals surface area contributed by atoms with Gasteiger partial charge in [0.2, 0.25) is 0 Å². The summed E-state index contributed by atoms with van der Waals surface area (Å²) in [5.41, 5.74) is 4.00. The molecule has 4 heteroatoms. The molecule has 0 spiro atoms. The van der Waals surface area contributed by atoms with E-state index in [1.807, 2.05) is 55.5 Å². The zero-order valence-electron chi connectivity index (χ0n) is 13.2. The summed E-state index contributed by atoms with van der Waals surface area (Å²) < 4.78 is 5.32. The van der Waals surface area contributed by atoms with Gasteiger partial charge in [-0.1, -0.05) is 30.3 Å². The molecule has 23 heavy (non-hydrogen) atoms. The molecule has 0 radical (unpaired) electrons. The summed E-state index contributed by atoms with van der Waals surface area (Å²) in [6, 6.07) is 15.6. The molecule has 3 aromatic rings. The fraction of sp³-hybridized carbons (Fsp3) is 0.211. The molecular weight excluding hydrogens is 290 g/mol. The third-order valence-corrected chi connectivity index (χ3v) is 4.17. The van der Waals surface area contributed by atoms with E-state index >= 15 is 0 Å². The van der Waals surface area contributed by atoms with Gasteiger partial charge in [-0.15, -0.1) is 0 Å². The summed E-state index contributed by atoms with van der Waals surface area (Å²) in [7, 11) is 1.63. The molecule has 1 aromatic heterocycles. The van der Waals surface area contributed by atoms with Crippen molar-refractivity contribution in [1.29, 1.82) is 0 Å². The normalized spacial score (nSPS) is 12.3. The number of rotatable bonds is 5. The van der Waals surface area contributed by atoms with Crippen LogP contribution < -0.4 is 4.74 Å². The molecule has 4 nitrogen and oxygen atoms in total. The number of carboxylic acids is 1. The highest BCUT2D eigenvalue weighted by Crippen LogP contribution is 2.37. The van der Waals surface area contributed by atoms with Crippen LogP contribution in [-0.2, 0) is 4.79 Å². The summed E-state index contributed by atoms with van der Waals surface area (Å²) in [5, 5.41) is 10.4. The van der Waals surface area contributed by atoms with Gasteiger partial charge >= 0.3 is 5.97 Å². The molecule has 1 heterocycles. The highest BCUT2D eigenvalue weighted by atomic mass is 16.5. The first kappa shape index (κ1) is 15.2. The van der Waals surface area contributed by atoms with Crippen LogP contribution in [0.4, 0.5) is 0 Å². The van der Waals surface area contributed by atoms with E-state index in [0.717, 1.165) is 33.5 Å². The minimum absolute atomic E-state index is 0.0506. The molecule has 3 rings (SSSR count). The molecule has 0 bridgehead atoms. The fourth-order valence-corrected chi connectivity index (χ4v) is 3.15. The lowest BCUT2D eigenvalue weighted by Gasteiger charge is -2.16. The van der Waals surface area contributed by atoms with Crippen LogP contribution in [0, 0.1) is 6.92 Å². The molecule has 0 fully saturated rings. The highest BCUT2D eigenvalue weighted by molar-refractivity contribution is 5.88. The molecule has 1 unspecified atom stereocenters. The van der Waals surface area contributed by atoms with Gasteiger partial charge in [0.25, 0.3) is 0 Å². The topological polar surface area (TPSA) is 62.3 Å². The number of H-pyrrole nitrogens is 1. The third-order valence-electron chi connectivity index (χ3n) is 4.17. The number of hydrogen-bond acceptors (Lipinski definition) is 2. The van der Waals surface area contributed by atoms with Gasteiger partial charge in [0.15, 0.2) is 0 Å². The Balaban J connectivity index is 2.21. The molecule has 1 atom stereocenters. The first-order valence-corrected chi connectivity index (χ1v) is 7.53. The van der Waals surface area contributed by atoms with Gasteiger partial charge < -0.3 is 14.8 Å². The number of methoxy groups -OCH3 is 1. The van der Waals surface area contributed by atoms with E-state index < -0.39 is 5.97 Å². The van der Waals surface area contributed by atoms with Crippen molar-refractivity contribution in [1.82, 2.24) is 4.98 Å². The SMILES string of the molecule is COc1ccc2[nH]c(C)c(C(CC(=O)O)c3ccccc3)c2c1. The minimum Gasteiger partial charge on any atom is -0.497 e. The van der Waals surface area contributed by atoms with Crippen LogP contribution in [0.15, 0.2) is 48.5 Å². The summed E-state index contributed by atoms with van der Waals surface area (Å²) >= 11 is 0. The van der Waals surface area contributed by atoms with Crippen molar-refractivity contribution in [3.8, 4) is 5.75 Å². The quantitative estimate of drug-likeness (QED) is 0.746. The van der Waals surface area contributed by atoms with Crippen molar-refractivity contribution in [2.24, 2.45) is 0 Å². The van der Waals surface area contributed by atoms with Crippen LogP contribution in [0.2, 0.25) is 0 Å². The van der Waals surface area contributed by atoms with E-state index in [1.54, 1.807) is 7.11 Å². The number of benzene rings is 2. The van der Waals surface area contributed by atoms with Crippen LogP contribution in [0.25, 0.3) is 10.9 Å². The second kappa shape index (κ2) is 6.16. The summed E-state index contributed by atoms with van der Waals surface area (Å²) in [4.78, 5) is 14.8. The Labute approximate surface area is 134 Å². The van der Waals surface area contributed by atoms with Crippen molar-refractivity contribution in [2.75, 3.05) is 7.11 Å². The lowest BCUT2D eigenvalue weighted by Crippen LogP contribution is -2.08. The molecule has 0 aliphatic rings. The second-order valence-corrected chi connectivity index (χ2v) is 5.64. The van der Waals surface area contributed by atoms with Crippen LogP contribution >= 0.6 is 0 Å². The number of aromatic amines is 1. The van der Waals surface area contributed by atoms with Gasteiger partial charge in [0.05, 0.1) is 13.5 Å². The number of hydrogen-bond donors (Lipinski definition) is 2. The fourth-order valence-electron chi connectivity index (χ4n) is 3.15. The van der Waals surface area contributed by atoms with Crippen molar-refractivity contribution in [2.45, 2.75) is 19.3 Å². The van der Waals surface area contributed by atoms with Crippen molar-refractivity contribution in [3.05, 3.63) is 65.4 Å². The summed E-state index contributed by atoms with van der Waals surface area (Å²) in [5.74, 6) is -0.245. The number of aromatic nitrogens is 1. The highest BCUT2D eigenvalue weighted by Gasteiger charge is 2.23. The Morgan fingerprint density at radius 2 is 1.96 bits per heavy atom. The zero-order chi connectivity index (χ0) is 16.4. The van der Waals surface area contributed by atoms with E-state index in [2.05, 4.69) is 4.98 Å². The predicted molar refractivity (Wildman–Crippen MR) is 90.1 cm³/mol. The van der Waals surface area contributed by atoms with Crippen LogP contribution in [0.1, 0.15) is 29.2 Å². The summed E-state index contributed by atoms with van der Waals surface area (Å²) in [6.45, 7) is 1.99. The molecule has 2 aromatic carbocycles. The van der Waals surface area contributed by atoms with E-state index in [9.17, 15) is 9.90 Å². The molecule has 0 saturated carbocycles. The molecule has 0 aliphatic heterocycles. The number of carbonyl (C=O) groups is 1. The largest absolute Gasteiger partial charge is 0.497 e. The van der Waals surface area contributed by atoms with E-state index in [-0.39, 0.29) is 12.3 Å².